The van der Waals surface area contributed by atoms with Crippen molar-refractivity contribution in [2.24, 2.45) is 0 Å². The van der Waals surface area contributed by atoms with Gasteiger partial charge >= 0.3 is 0 Å². The lowest BCUT2D eigenvalue weighted by Gasteiger charge is -2.32. The average Bonchev–Trinajstić information content (AvgIpc) is 3.82. The molecule has 0 N–H and O–H groups in total. The molecule has 2 atom stereocenters. The number of carbonyl (C=O) groups excluding carboxylic acids is 1. The van der Waals surface area contributed by atoms with Crippen LogP contribution in [-0.4, -0.2) is 5.12 Å². The zero-order chi connectivity index (χ0) is 32.2. The molecular formula is C45H26OS3. The Morgan fingerprint density at radius 1 is 0.388 bits per heavy atom. The maximum absolute atomic E-state index is 12.6. The summed E-state index contributed by atoms with van der Waals surface area (Å²) in [5.41, 5.74) is 4.98. The number of hydrogen-bond acceptors (Lipinski definition) is 4. The first-order valence-electron chi connectivity index (χ1n) is 16.6. The van der Waals surface area contributed by atoms with Gasteiger partial charge in [0.25, 0.3) is 0 Å². The summed E-state index contributed by atoms with van der Waals surface area (Å²) in [6.07, 6.45) is 4.28. The summed E-state index contributed by atoms with van der Waals surface area (Å²) in [5, 5.41) is 13.0. The van der Waals surface area contributed by atoms with E-state index in [0.29, 0.717) is 0 Å². The first-order chi connectivity index (χ1) is 24.1. The smallest absolute Gasteiger partial charge is 0.201 e. The summed E-state index contributed by atoms with van der Waals surface area (Å²) >= 11 is 5.18. The number of thioether (sulfide) groups is 1. The lowest BCUT2D eigenvalue weighted by Crippen LogP contribution is -2.21. The minimum atomic E-state index is -0.110. The predicted octanol–water partition coefficient (Wildman–Crippen LogP) is 13.5. The Morgan fingerprint density at radius 2 is 0.837 bits per heavy atom. The van der Waals surface area contributed by atoms with Crippen molar-refractivity contribution in [1.82, 2.24) is 0 Å². The van der Waals surface area contributed by atoms with E-state index >= 15 is 0 Å². The number of thiophene rings is 2. The second kappa shape index (κ2) is 10.5. The Kier molecular flexibility index (Phi) is 5.98. The van der Waals surface area contributed by atoms with E-state index < -0.39 is 0 Å². The van der Waals surface area contributed by atoms with Gasteiger partial charge in [0.05, 0.1) is 11.2 Å². The van der Waals surface area contributed by atoms with Crippen molar-refractivity contribution >= 4 is 93.4 Å². The minimum Gasteiger partial charge on any atom is -0.286 e. The number of fused-ring (bicyclic) bond motifs is 6. The summed E-state index contributed by atoms with van der Waals surface area (Å²) in [5.74, 6) is -0.110. The lowest BCUT2D eigenvalue weighted by atomic mass is 9.85. The van der Waals surface area contributed by atoms with Gasteiger partial charge < -0.3 is 0 Å². The van der Waals surface area contributed by atoms with Gasteiger partial charge in [-0.05, 0) is 161 Å². The third-order valence-corrected chi connectivity index (χ3v) is 13.9. The van der Waals surface area contributed by atoms with Crippen molar-refractivity contribution in [1.29, 1.82) is 0 Å². The van der Waals surface area contributed by atoms with Gasteiger partial charge in [-0.2, -0.15) is 0 Å². The van der Waals surface area contributed by atoms with E-state index in [4.69, 9.17) is 0 Å². The fourth-order valence-electron chi connectivity index (χ4n) is 7.78. The maximum atomic E-state index is 12.6. The zero-order valence-corrected chi connectivity index (χ0v) is 28.6. The number of benzene rings is 7. The summed E-state index contributed by atoms with van der Waals surface area (Å²) in [6.45, 7) is 0. The Bertz CT molecular complexity index is 2900. The SMILES string of the molecule is O=C1SC2C=CC1c1cc3cc4cc(-c5ccc(-c6ccc(-c7ccc8cc9cc%10ccccc%10cc9cc8c7)s6)s5)ccc4cc3cc12. The van der Waals surface area contributed by atoms with Gasteiger partial charge in [-0.15, -0.1) is 22.7 Å². The van der Waals surface area contributed by atoms with Crippen molar-refractivity contribution in [3.05, 3.63) is 157 Å². The molecule has 2 bridgehead atoms. The highest BCUT2D eigenvalue weighted by molar-refractivity contribution is 8.14. The highest BCUT2D eigenvalue weighted by Crippen LogP contribution is 2.50. The third kappa shape index (κ3) is 4.48. The molecule has 0 saturated heterocycles. The largest absolute Gasteiger partial charge is 0.286 e. The van der Waals surface area contributed by atoms with Crippen LogP contribution in [0.25, 0.3) is 84.5 Å². The molecule has 230 valence electrons. The van der Waals surface area contributed by atoms with Gasteiger partial charge in [0.15, 0.2) is 0 Å². The highest BCUT2D eigenvalue weighted by atomic mass is 32.2. The van der Waals surface area contributed by atoms with E-state index in [2.05, 4.69) is 146 Å². The molecule has 9 aromatic rings. The van der Waals surface area contributed by atoms with Gasteiger partial charge in [-0.3, -0.25) is 4.79 Å². The number of hydrogen-bond donors (Lipinski definition) is 0. The van der Waals surface area contributed by atoms with E-state index in [9.17, 15) is 4.79 Å². The average molecular weight is 679 g/mol. The molecule has 2 aromatic heterocycles. The van der Waals surface area contributed by atoms with Crippen LogP contribution in [-0.2, 0) is 4.79 Å². The Labute approximate surface area is 295 Å². The van der Waals surface area contributed by atoms with Crippen LogP contribution in [0, 0.1) is 0 Å². The highest BCUT2D eigenvalue weighted by Gasteiger charge is 2.36. The molecule has 0 amide bonds. The summed E-state index contributed by atoms with van der Waals surface area (Å²) < 4.78 is 0. The lowest BCUT2D eigenvalue weighted by molar-refractivity contribution is -0.111. The molecule has 49 heavy (non-hydrogen) atoms. The fourth-order valence-corrected chi connectivity index (χ4v) is 11.0. The Balaban J connectivity index is 0.907. The molecule has 2 unspecified atom stereocenters. The Hall–Kier alpha value is -5.00. The van der Waals surface area contributed by atoms with Crippen molar-refractivity contribution in [2.75, 3.05) is 0 Å². The summed E-state index contributed by atoms with van der Waals surface area (Å²) in [6, 6.07) is 49.8. The van der Waals surface area contributed by atoms with Gasteiger partial charge in [0.1, 0.15) is 0 Å². The monoisotopic (exact) mass is 678 g/mol. The van der Waals surface area contributed by atoms with Crippen molar-refractivity contribution in [2.45, 2.75) is 11.2 Å². The molecule has 0 saturated carbocycles. The molecule has 2 aliphatic heterocycles. The summed E-state index contributed by atoms with van der Waals surface area (Å²) in [7, 11) is 0. The predicted molar refractivity (Wildman–Crippen MR) is 213 cm³/mol. The quantitative estimate of drug-likeness (QED) is 0.137. The van der Waals surface area contributed by atoms with Crippen LogP contribution >= 0.6 is 34.4 Å². The molecule has 1 nitrogen and oxygen atoms in total. The third-order valence-electron chi connectivity index (χ3n) is 10.3. The van der Waals surface area contributed by atoms with Gasteiger partial charge in [0, 0.05) is 19.5 Å². The number of rotatable bonds is 3. The summed E-state index contributed by atoms with van der Waals surface area (Å²) in [4.78, 5) is 17.7. The van der Waals surface area contributed by atoms with Crippen LogP contribution in [0.1, 0.15) is 22.3 Å². The van der Waals surface area contributed by atoms with E-state index in [0.717, 1.165) is 0 Å². The van der Waals surface area contributed by atoms with E-state index in [1.54, 1.807) is 0 Å². The van der Waals surface area contributed by atoms with E-state index in [-0.39, 0.29) is 16.3 Å². The fraction of sp³-hybridized carbons (Fsp3) is 0.0444. The van der Waals surface area contributed by atoms with E-state index in [1.165, 1.54) is 107 Å². The molecule has 4 heterocycles. The van der Waals surface area contributed by atoms with Crippen LogP contribution < -0.4 is 0 Å². The van der Waals surface area contributed by atoms with Gasteiger partial charge in [-0.1, -0.05) is 72.4 Å². The number of allylic oxidation sites excluding steroid dienone is 1. The molecule has 3 aliphatic rings. The van der Waals surface area contributed by atoms with Crippen LogP contribution in [0.4, 0.5) is 0 Å². The first-order valence-corrected chi connectivity index (χ1v) is 19.1. The second-order valence-electron chi connectivity index (χ2n) is 13.3. The topological polar surface area (TPSA) is 17.1 Å². The van der Waals surface area contributed by atoms with Crippen molar-refractivity contribution in [3.63, 3.8) is 0 Å². The van der Waals surface area contributed by atoms with Crippen molar-refractivity contribution < 1.29 is 4.79 Å². The molecule has 1 aliphatic carbocycles. The Morgan fingerprint density at radius 3 is 1.39 bits per heavy atom. The molecule has 0 spiro atoms. The van der Waals surface area contributed by atoms with Crippen molar-refractivity contribution in [3.8, 4) is 30.6 Å². The van der Waals surface area contributed by atoms with Gasteiger partial charge in [0.2, 0.25) is 5.12 Å². The number of carbonyl (C=O) groups is 1. The molecule has 4 heteroatoms. The van der Waals surface area contributed by atoms with Crippen LogP contribution in [0.5, 0.6) is 0 Å². The maximum Gasteiger partial charge on any atom is 0.201 e. The van der Waals surface area contributed by atoms with Crippen LogP contribution in [0.15, 0.2) is 146 Å². The standard InChI is InChI=1S/C45H26OS3/c46-45-37-9-10-42(49-45)39-24-35-18-28-6-8-30(20-32(28)22-36(35)23-38(37)39)41-12-14-44(48-41)43-13-11-40(47-43)29-7-5-27-17-33-15-25-3-1-2-4-26(25)16-34(33)21-31(27)19-29/h1-24,37,42H. The van der Waals surface area contributed by atoms with E-state index in [1.807, 2.05) is 22.7 Å². The minimum absolute atomic E-state index is 0.110. The zero-order valence-electron chi connectivity index (χ0n) is 26.1. The molecule has 0 fully saturated rings. The molecule has 12 rings (SSSR count). The first kappa shape index (κ1) is 27.9. The normalized spacial score (nSPS) is 16.9. The van der Waals surface area contributed by atoms with Crippen LogP contribution in [0.2, 0.25) is 0 Å². The second-order valence-corrected chi connectivity index (χ2v) is 16.6. The molecule has 7 aromatic carbocycles. The van der Waals surface area contributed by atoms with Crippen LogP contribution in [0.3, 0.4) is 0 Å². The van der Waals surface area contributed by atoms with Gasteiger partial charge in [-0.25, -0.2) is 0 Å². The molecule has 0 radical (unpaired) electrons. The molecular weight excluding hydrogens is 653 g/mol.